The highest BCUT2D eigenvalue weighted by atomic mass is 16.6. The SMILES string of the molecule is C[C@]12CCC(=O)C=C1C=CC1C3CC[C@@]4(CCC(=O)O4)[C@@]3(C)C[C@@H]3O[C@@]132. The van der Waals surface area contributed by atoms with Crippen molar-refractivity contribution in [3.63, 3.8) is 0 Å². The van der Waals surface area contributed by atoms with Crippen LogP contribution in [0.3, 0.4) is 0 Å². The lowest BCUT2D eigenvalue weighted by molar-refractivity contribution is -0.162. The van der Waals surface area contributed by atoms with Gasteiger partial charge in [-0.05, 0) is 49.7 Å². The summed E-state index contributed by atoms with van der Waals surface area (Å²) < 4.78 is 12.6. The first-order chi connectivity index (χ1) is 12.3. The Hall–Kier alpha value is -1.42. The van der Waals surface area contributed by atoms with Crippen molar-refractivity contribution in [3.8, 4) is 0 Å². The molecule has 4 nitrogen and oxygen atoms in total. The number of carbonyl (C=O) groups excluding carboxylic acids is 2. The highest BCUT2D eigenvalue weighted by Gasteiger charge is 2.80. The fourth-order valence-corrected chi connectivity index (χ4v) is 7.73. The van der Waals surface area contributed by atoms with Crippen LogP contribution in [0.2, 0.25) is 0 Å². The second kappa shape index (κ2) is 4.35. The summed E-state index contributed by atoms with van der Waals surface area (Å²) in [6.45, 7) is 4.66. The normalized spacial score (nSPS) is 56.4. The lowest BCUT2D eigenvalue weighted by atomic mass is 9.47. The third-order valence-electron chi connectivity index (χ3n) is 9.23. The van der Waals surface area contributed by atoms with Crippen LogP contribution in [-0.2, 0) is 19.1 Å². The summed E-state index contributed by atoms with van der Waals surface area (Å²) in [5.74, 6) is 1.06. The van der Waals surface area contributed by atoms with Crippen LogP contribution in [0.25, 0.3) is 0 Å². The van der Waals surface area contributed by atoms with E-state index in [1.165, 1.54) is 0 Å². The smallest absolute Gasteiger partial charge is 0.306 e. The van der Waals surface area contributed by atoms with E-state index in [0.717, 1.165) is 37.7 Å². The minimum absolute atomic E-state index is 0.000890. The molecular weight excluding hydrogens is 328 g/mol. The minimum Gasteiger partial charge on any atom is -0.458 e. The van der Waals surface area contributed by atoms with Crippen LogP contribution >= 0.6 is 0 Å². The summed E-state index contributed by atoms with van der Waals surface area (Å²) in [6, 6.07) is 0. The van der Waals surface area contributed by atoms with E-state index in [0.29, 0.717) is 24.7 Å². The Kier molecular flexibility index (Phi) is 2.61. The summed E-state index contributed by atoms with van der Waals surface area (Å²) in [4.78, 5) is 23.9. The molecule has 0 radical (unpaired) electrons. The minimum atomic E-state index is -0.278. The van der Waals surface area contributed by atoms with Gasteiger partial charge in [0.15, 0.2) is 5.78 Å². The molecule has 7 atom stereocenters. The van der Waals surface area contributed by atoms with E-state index in [-0.39, 0.29) is 39.9 Å². The van der Waals surface area contributed by atoms with Crippen LogP contribution in [0.1, 0.15) is 58.8 Å². The Labute approximate surface area is 154 Å². The van der Waals surface area contributed by atoms with E-state index in [1.54, 1.807) is 0 Å². The lowest BCUT2D eigenvalue weighted by Crippen LogP contribution is -2.58. The molecular formula is C22H26O4. The molecule has 26 heavy (non-hydrogen) atoms. The average Bonchev–Trinajstić information content (AvgIpc) is 3.08. The van der Waals surface area contributed by atoms with E-state index in [1.807, 2.05) is 6.08 Å². The summed E-state index contributed by atoms with van der Waals surface area (Å²) in [5.41, 5.74) is 0.679. The Morgan fingerprint density at radius 2 is 1.96 bits per heavy atom. The monoisotopic (exact) mass is 354 g/mol. The van der Waals surface area contributed by atoms with Gasteiger partial charge >= 0.3 is 5.97 Å². The zero-order valence-electron chi connectivity index (χ0n) is 15.5. The molecule has 2 saturated carbocycles. The number of hydrogen-bond donors (Lipinski definition) is 0. The van der Waals surface area contributed by atoms with Gasteiger partial charge in [0.05, 0.1) is 6.10 Å². The first-order valence-corrected chi connectivity index (χ1v) is 10.2. The summed E-state index contributed by atoms with van der Waals surface area (Å²) in [5, 5.41) is 0. The second-order valence-corrected chi connectivity index (χ2v) is 9.92. The molecule has 0 aromatic carbocycles. The Balaban J connectivity index is 1.46. The van der Waals surface area contributed by atoms with E-state index in [2.05, 4.69) is 26.0 Å². The number of ether oxygens (including phenoxy) is 2. The molecule has 4 fully saturated rings. The molecule has 0 bridgehead atoms. The quantitative estimate of drug-likeness (QED) is 0.493. The predicted octanol–water partition coefficient (Wildman–Crippen LogP) is 3.50. The second-order valence-electron chi connectivity index (χ2n) is 9.92. The number of esters is 1. The largest absolute Gasteiger partial charge is 0.458 e. The van der Waals surface area contributed by atoms with Crippen molar-refractivity contribution in [2.24, 2.45) is 22.7 Å². The molecule has 138 valence electrons. The van der Waals surface area contributed by atoms with E-state index >= 15 is 0 Å². The van der Waals surface area contributed by atoms with Gasteiger partial charge in [-0.3, -0.25) is 9.59 Å². The number of fused-ring (bicyclic) bond motifs is 4. The van der Waals surface area contributed by atoms with Crippen molar-refractivity contribution in [1.82, 2.24) is 0 Å². The van der Waals surface area contributed by atoms with Crippen molar-refractivity contribution in [3.05, 3.63) is 23.8 Å². The molecule has 4 aliphatic carbocycles. The van der Waals surface area contributed by atoms with Gasteiger partial charge in [-0.15, -0.1) is 0 Å². The molecule has 0 N–H and O–H groups in total. The maximum absolute atomic E-state index is 12.0. The van der Waals surface area contributed by atoms with Crippen LogP contribution in [0.15, 0.2) is 23.8 Å². The Morgan fingerprint density at radius 3 is 2.73 bits per heavy atom. The maximum Gasteiger partial charge on any atom is 0.306 e. The number of carbonyl (C=O) groups is 2. The number of ketones is 1. The molecule has 4 heteroatoms. The molecule has 6 aliphatic rings. The molecule has 0 aromatic heterocycles. The van der Waals surface area contributed by atoms with Crippen molar-refractivity contribution >= 4 is 11.8 Å². The molecule has 6 rings (SSSR count). The first kappa shape index (κ1) is 15.6. The lowest BCUT2D eigenvalue weighted by Gasteiger charge is -2.54. The first-order valence-electron chi connectivity index (χ1n) is 10.2. The highest BCUT2D eigenvalue weighted by Crippen LogP contribution is 2.76. The molecule has 2 heterocycles. The standard InChI is InChI=1S/C22H26O4/c1-19-8-5-14(23)11-13(19)3-4-16-15-6-9-21(10-7-18(24)26-21)20(15,2)12-17-22(16,19)25-17/h3-4,11,15-17H,5-10,12H2,1-2H3/t15?,16?,17-,19-,20-,21+,22-/m0/s1. The molecule has 0 aromatic rings. The van der Waals surface area contributed by atoms with Crippen LogP contribution in [0.5, 0.6) is 0 Å². The molecule has 0 amide bonds. The van der Waals surface area contributed by atoms with E-state index in [9.17, 15) is 9.59 Å². The van der Waals surface area contributed by atoms with E-state index in [4.69, 9.17) is 9.47 Å². The molecule has 2 saturated heterocycles. The zero-order chi connectivity index (χ0) is 17.9. The van der Waals surface area contributed by atoms with Gasteiger partial charge in [0.25, 0.3) is 0 Å². The Morgan fingerprint density at radius 1 is 1.12 bits per heavy atom. The van der Waals surface area contributed by atoms with Crippen molar-refractivity contribution < 1.29 is 19.1 Å². The van der Waals surface area contributed by atoms with Gasteiger partial charge in [0.2, 0.25) is 0 Å². The zero-order valence-corrected chi connectivity index (χ0v) is 15.5. The number of hydrogen-bond acceptors (Lipinski definition) is 4. The summed E-state index contributed by atoms with van der Waals surface area (Å²) >= 11 is 0. The van der Waals surface area contributed by atoms with Crippen LogP contribution in [0.4, 0.5) is 0 Å². The van der Waals surface area contributed by atoms with Crippen LogP contribution in [0, 0.1) is 22.7 Å². The van der Waals surface area contributed by atoms with Gasteiger partial charge in [-0.25, -0.2) is 0 Å². The number of epoxide rings is 1. The third-order valence-corrected chi connectivity index (χ3v) is 9.23. The molecule has 2 spiro atoms. The van der Waals surface area contributed by atoms with Crippen molar-refractivity contribution in [2.75, 3.05) is 0 Å². The van der Waals surface area contributed by atoms with Crippen LogP contribution < -0.4 is 0 Å². The van der Waals surface area contributed by atoms with Gasteiger partial charge < -0.3 is 9.47 Å². The summed E-state index contributed by atoms with van der Waals surface area (Å²) in [6.07, 6.45) is 12.6. The van der Waals surface area contributed by atoms with E-state index < -0.39 is 0 Å². The van der Waals surface area contributed by atoms with Gasteiger partial charge in [-0.2, -0.15) is 0 Å². The predicted molar refractivity (Wildman–Crippen MR) is 94.2 cm³/mol. The molecule has 2 unspecified atom stereocenters. The van der Waals surface area contributed by atoms with Crippen molar-refractivity contribution in [1.29, 1.82) is 0 Å². The van der Waals surface area contributed by atoms with Crippen molar-refractivity contribution in [2.45, 2.75) is 76.1 Å². The molecule has 2 aliphatic heterocycles. The highest BCUT2D eigenvalue weighted by molar-refractivity contribution is 5.92. The fourth-order valence-electron chi connectivity index (χ4n) is 7.73. The Bertz CT molecular complexity index is 811. The van der Waals surface area contributed by atoms with Crippen LogP contribution in [-0.4, -0.2) is 29.1 Å². The van der Waals surface area contributed by atoms with Gasteiger partial charge in [0.1, 0.15) is 11.2 Å². The number of allylic oxidation sites excluding steroid dienone is 2. The maximum atomic E-state index is 12.0. The third kappa shape index (κ3) is 1.47. The fraction of sp³-hybridized carbons (Fsp3) is 0.727. The average molecular weight is 354 g/mol. The van der Waals surface area contributed by atoms with Gasteiger partial charge in [0, 0.05) is 29.6 Å². The number of rotatable bonds is 0. The topological polar surface area (TPSA) is 55.9 Å². The van der Waals surface area contributed by atoms with Gasteiger partial charge in [-0.1, -0.05) is 26.0 Å². The summed E-state index contributed by atoms with van der Waals surface area (Å²) in [7, 11) is 0.